The Morgan fingerprint density at radius 2 is 0.915 bits per heavy atom. The number of carboxylic acid groups (broad SMARTS) is 2. The molecule has 5 rings (SSSR count). The maximum atomic E-state index is 14.2. The molecule has 59 heavy (non-hydrogen) atoms. The van der Waals surface area contributed by atoms with Gasteiger partial charge in [0, 0.05) is 26.2 Å². The summed E-state index contributed by atoms with van der Waals surface area (Å²) in [7, 11) is 0. The van der Waals surface area contributed by atoms with Crippen molar-refractivity contribution < 1.29 is 43.7 Å². The second-order valence-corrected chi connectivity index (χ2v) is 14.6. The van der Waals surface area contributed by atoms with Crippen molar-refractivity contribution >= 4 is 29.7 Å². The Kier molecular flexibility index (Phi) is 17.5. The minimum atomic E-state index is -1.53. The fourth-order valence-electron chi connectivity index (χ4n) is 7.05. The van der Waals surface area contributed by atoms with Crippen LogP contribution < -0.4 is 20.9 Å². The van der Waals surface area contributed by atoms with E-state index in [-0.39, 0.29) is 13.1 Å². The molecule has 1 aliphatic carbocycles. The van der Waals surface area contributed by atoms with Crippen molar-refractivity contribution in [2.75, 3.05) is 13.1 Å². The second kappa shape index (κ2) is 22.7. The van der Waals surface area contributed by atoms with Crippen LogP contribution in [0.25, 0.3) is 0 Å². The molecule has 0 bridgehead atoms. The lowest BCUT2D eigenvalue weighted by atomic mass is 9.55. The third-order valence-electron chi connectivity index (χ3n) is 10.1. The molecule has 6 N–H and O–H groups in total. The standard InChI is InChI=1S/C40H42N2O8.C6H14N2O/c1-3-23-41(25-27-15-19-31(20-16-27)49-29-11-7-5-8-12-29)37(43)33-34(36(40(47)48)35(33)39(45)46)38(44)42(24-4-2)26-28-17-21-32(22-18-28)50-30-13-9-6-10-14-30;1-2-3-4-5(7)6(8)9/h5-22,33-36H,3-4,23-26H2,1-2H3,(H,45,46)(H,47,48);5H,2-4,7H2,1H3,(H2,8,9)/t33-,34-,35-,36-;5-/m11/s1. The van der Waals surface area contributed by atoms with Gasteiger partial charge in [-0.2, -0.15) is 0 Å². The normalized spacial score (nSPS) is 17.2. The molecule has 0 spiro atoms. The van der Waals surface area contributed by atoms with E-state index in [9.17, 15) is 34.2 Å². The second-order valence-electron chi connectivity index (χ2n) is 14.6. The summed E-state index contributed by atoms with van der Waals surface area (Å²) in [5, 5.41) is 20.3. The number of rotatable bonds is 20. The summed E-state index contributed by atoms with van der Waals surface area (Å²) in [5.41, 5.74) is 11.8. The van der Waals surface area contributed by atoms with Crippen LogP contribution in [0.5, 0.6) is 23.0 Å². The Bertz CT molecular complexity index is 1830. The largest absolute Gasteiger partial charge is 0.481 e. The van der Waals surface area contributed by atoms with E-state index in [0.717, 1.165) is 24.0 Å². The minimum Gasteiger partial charge on any atom is -0.481 e. The number of carbonyl (C=O) groups excluding carboxylic acids is 3. The van der Waals surface area contributed by atoms with Crippen LogP contribution in [0.1, 0.15) is 64.0 Å². The number of unbranched alkanes of at least 4 members (excludes halogenated alkanes) is 1. The summed E-state index contributed by atoms with van der Waals surface area (Å²) < 4.78 is 11.8. The van der Waals surface area contributed by atoms with Gasteiger partial charge in [-0.25, -0.2) is 0 Å². The van der Waals surface area contributed by atoms with E-state index in [1.54, 1.807) is 24.3 Å². The number of benzene rings is 4. The zero-order chi connectivity index (χ0) is 42.9. The van der Waals surface area contributed by atoms with Gasteiger partial charge in [0.15, 0.2) is 0 Å². The first kappa shape index (κ1) is 45.5. The van der Waals surface area contributed by atoms with Gasteiger partial charge in [-0.15, -0.1) is 0 Å². The number of aliphatic carboxylic acids is 2. The van der Waals surface area contributed by atoms with Crippen LogP contribution in [0.3, 0.4) is 0 Å². The molecule has 4 aromatic rings. The molecule has 0 radical (unpaired) electrons. The third kappa shape index (κ3) is 12.9. The fraction of sp³-hybridized carbons (Fsp3) is 0.370. The molecule has 0 aliphatic heterocycles. The lowest BCUT2D eigenvalue weighted by molar-refractivity contribution is -0.187. The van der Waals surface area contributed by atoms with Crippen LogP contribution in [0, 0.1) is 23.7 Å². The summed E-state index contributed by atoms with van der Waals surface area (Å²) in [6.45, 7) is 6.78. The van der Waals surface area contributed by atoms with Gasteiger partial charge in [0.2, 0.25) is 17.7 Å². The highest BCUT2D eigenvalue weighted by atomic mass is 16.5. The summed E-state index contributed by atoms with van der Waals surface area (Å²) in [6, 6.07) is 32.7. The minimum absolute atomic E-state index is 0.163. The zero-order valence-corrected chi connectivity index (χ0v) is 33.9. The van der Waals surface area contributed by atoms with Crippen LogP contribution >= 0.6 is 0 Å². The molecule has 0 unspecified atom stereocenters. The number of hydrogen-bond donors (Lipinski definition) is 4. The van der Waals surface area contributed by atoms with E-state index in [1.807, 2.05) is 106 Å². The highest BCUT2D eigenvalue weighted by Gasteiger charge is 2.64. The van der Waals surface area contributed by atoms with Crippen molar-refractivity contribution in [2.24, 2.45) is 35.1 Å². The number of carboxylic acids is 2. The molecule has 1 aliphatic rings. The average molecular weight is 809 g/mol. The number of nitrogens with two attached hydrogens (primary N) is 2. The Morgan fingerprint density at radius 3 is 1.22 bits per heavy atom. The predicted octanol–water partition coefficient (Wildman–Crippen LogP) is 7.09. The molecular weight excluding hydrogens is 753 g/mol. The van der Waals surface area contributed by atoms with Crippen LogP contribution in [-0.4, -0.2) is 68.8 Å². The molecule has 0 heterocycles. The lowest BCUT2D eigenvalue weighted by Gasteiger charge is -2.48. The monoisotopic (exact) mass is 808 g/mol. The maximum absolute atomic E-state index is 14.2. The zero-order valence-electron chi connectivity index (χ0n) is 33.9. The summed E-state index contributed by atoms with van der Waals surface area (Å²) in [6.07, 6.45) is 3.91. The predicted molar refractivity (Wildman–Crippen MR) is 223 cm³/mol. The highest BCUT2D eigenvalue weighted by Crippen LogP contribution is 2.49. The Balaban J connectivity index is 0.000000764. The van der Waals surface area contributed by atoms with Gasteiger partial charge < -0.3 is 41.0 Å². The number of carbonyl (C=O) groups is 5. The van der Waals surface area contributed by atoms with Gasteiger partial charge in [0.25, 0.3) is 0 Å². The van der Waals surface area contributed by atoms with Gasteiger partial charge in [0.1, 0.15) is 23.0 Å². The van der Waals surface area contributed by atoms with E-state index in [0.29, 0.717) is 55.4 Å². The number of nitrogens with zero attached hydrogens (tertiary/aromatic N) is 2. The van der Waals surface area contributed by atoms with Gasteiger partial charge in [-0.1, -0.05) is 94.3 Å². The van der Waals surface area contributed by atoms with Crippen LogP contribution in [-0.2, 0) is 37.1 Å². The van der Waals surface area contributed by atoms with Gasteiger partial charge in [-0.05, 0) is 78.9 Å². The van der Waals surface area contributed by atoms with Crippen molar-refractivity contribution in [3.8, 4) is 23.0 Å². The first-order chi connectivity index (χ1) is 28.4. The molecule has 314 valence electrons. The molecule has 1 fully saturated rings. The fourth-order valence-corrected chi connectivity index (χ4v) is 7.05. The number of primary amides is 1. The van der Waals surface area contributed by atoms with Gasteiger partial charge in [-0.3, -0.25) is 24.0 Å². The van der Waals surface area contributed by atoms with E-state index in [4.69, 9.17) is 20.9 Å². The number of ether oxygens (including phenoxy) is 2. The van der Waals surface area contributed by atoms with Crippen molar-refractivity contribution in [1.29, 1.82) is 0 Å². The molecule has 5 atom stereocenters. The molecule has 3 amide bonds. The summed E-state index contributed by atoms with van der Waals surface area (Å²) in [5.74, 6) is -7.43. The summed E-state index contributed by atoms with van der Waals surface area (Å²) >= 11 is 0. The SMILES string of the molecule is CCCC[C@@H](N)C(N)=O.CCCN(Cc1ccc(Oc2ccccc2)cc1)C(=O)[C@H]1[C@@H](C(=O)O)[C@H](C(=O)O)[C@@H]1C(=O)N(CCC)Cc1ccc(Oc2ccccc2)cc1. The quantitative estimate of drug-likeness (QED) is 0.0714. The Labute approximate surface area is 345 Å². The van der Waals surface area contributed by atoms with Gasteiger partial charge >= 0.3 is 11.9 Å². The van der Waals surface area contributed by atoms with E-state index in [1.165, 1.54) is 9.80 Å². The molecule has 4 aromatic carbocycles. The average Bonchev–Trinajstić information content (AvgIpc) is 3.21. The van der Waals surface area contributed by atoms with Crippen molar-refractivity contribution in [3.05, 3.63) is 120 Å². The molecular formula is C46H56N4O9. The van der Waals surface area contributed by atoms with Crippen LogP contribution in [0.4, 0.5) is 0 Å². The lowest BCUT2D eigenvalue weighted by Crippen LogP contribution is -2.64. The first-order valence-electron chi connectivity index (χ1n) is 20.1. The van der Waals surface area contributed by atoms with Crippen molar-refractivity contribution in [3.63, 3.8) is 0 Å². The van der Waals surface area contributed by atoms with E-state index < -0.39 is 59.4 Å². The molecule has 0 saturated heterocycles. The van der Waals surface area contributed by atoms with Crippen LogP contribution in [0.2, 0.25) is 0 Å². The van der Waals surface area contributed by atoms with Gasteiger partial charge in [0.05, 0.1) is 29.7 Å². The third-order valence-corrected chi connectivity index (χ3v) is 10.1. The molecule has 13 nitrogen and oxygen atoms in total. The van der Waals surface area contributed by atoms with E-state index >= 15 is 0 Å². The summed E-state index contributed by atoms with van der Waals surface area (Å²) in [4.78, 5) is 66.7. The first-order valence-corrected chi connectivity index (χ1v) is 20.1. The van der Waals surface area contributed by atoms with Crippen molar-refractivity contribution in [2.45, 2.75) is 72.0 Å². The molecule has 13 heteroatoms. The van der Waals surface area contributed by atoms with Crippen molar-refractivity contribution in [1.82, 2.24) is 9.80 Å². The Morgan fingerprint density at radius 1 is 0.559 bits per heavy atom. The maximum Gasteiger partial charge on any atom is 0.308 e. The number of amides is 3. The smallest absolute Gasteiger partial charge is 0.308 e. The molecule has 1 saturated carbocycles. The topological polar surface area (TPSA) is 203 Å². The number of hydrogen-bond acceptors (Lipinski definition) is 8. The highest BCUT2D eigenvalue weighted by molar-refractivity contribution is 5.99. The number of para-hydroxylation sites is 2. The van der Waals surface area contributed by atoms with Crippen LogP contribution in [0.15, 0.2) is 109 Å². The van der Waals surface area contributed by atoms with E-state index in [2.05, 4.69) is 0 Å². The molecule has 0 aromatic heterocycles. The Hall–Kier alpha value is -6.21.